The molecular formula is C29H33N3O5S. The number of piperidine rings is 1. The van der Waals surface area contributed by atoms with Crippen molar-refractivity contribution in [2.75, 3.05) is 34.4 Å². The highest BCUT2D eigenvalue weighted by Crippen LogP contribution is 2.46. The molecule has 1 saturated heterocycles. The minimum atomic E-state index is -3.89. The van der Waals surface area contributed by atoms with E-state index in [-0.39, 0.29) is 0 Å². The molecule has 8 nitrogen and oxygen atoms in total. The molecule has 0 saturated carbocycles. The second-order valence-electron chi connectivity index (χ2n) is 9.38. The summed E-state index contributed by atoms with van der Waals surface area (Å²) in [7, 11) is 0.949. The maximum atomic E-state index is 14.4. The van der Waals surface area contributed by atoms with Gasteiger partial charge in [-0.15, -0.1) is 0 Å². The number of methoxy groups -OCH3 is 3. The second kappa shape index (κ2) is 11.0. The molecule has 38 heavy (non-hydrogen) atoms. The van der Waals surface area contributed by atoms with Crippen molar-refractivity contribution >= 4 is 16.0 Å². The van der Waals surface area contributed by atoms with Gasteiger partial charge in [0.1, 0.15) is 29.1 Å². The van der Waals surface area contributed by atoms with Gasteiger partial charge in [0.25, 0.3) is 0 Å². The van der Waals surface area contributed by atoms with Crippen LogP contribution in [0.2, 0.25) is 0 Å². The van der Waals surface area contributed by atoms with E-state index in [4.69, 9.17) is 19.2 Å². The Bertz CT molecular complexity index is 1370. The van der Waals surface area contributed by atoms with Crippen molar-refractivity contribution in [3.8, 4) is 17.2 Å². The third-order valence-electron chi connectivity index (χ3n) is 7.17. The smallest absolute Gasteiger partial charge is 0.305 e. The zero-order chi connectivity index (χ0) is 26.7. The van der Waals surface area contributed by atoms with Gasteiger partial charge >= 0.3 is 10.2 Å². The Hall–Kier alpha value is -3.56. The lowest BCUT2D eigenvalue weighted by Gasteiger charge is -2.36. The van der Waals surface area contributed by atoms with Gasteiger partial charge in [0.05, 0.1) is 27.4 Å². The molecule has 5 rings (SSSR count). The Labute approximate surface area is 224 Å². The van der Waals surface area contributed by atoms with Crippen molar-refractivity contribution in [2.45, 2.75) is 31.3 Å². The van der Waals surface area contributed by atoms with Crippen LogP contribution in [0.1, 0.15) is 48.0 Å². The number of nitrogens with zero attached hydrogens (tertiary/aromatic N) is 3. The van der Waals surface area contributed by atoms with Gasteiger partial charge in [-0.1, -0.05) is 30.7 Å². The van der Waals surface area contributed by atoms with Crippen LogP contribution >= 0.6 is 0 Å². The Morgan fingerprint density at radius 2 is 1.16 bits per heavy atom. The highest BCUT2D eigenvalue weighted by atomic mass is 32.2. The minimum absolute atomic E-state index is 0.417. The lowest BCUT2D eigenvalue weighted by atomic mass is 9.94. The summed E-state index contributed by atoms with van der Waals surface area (Å²) in [5, 5.41) is 0. The van der Waals surface area contributed by atoms with E-state index in [1.165, 1.54) is 4.31 Å². The van der Waals surface area contributed by atoms with Gasteiger partial charge in [-0.25, -0.2) is 4.31 Å². The fourth-order valence-corrected chi connectivity index (χ4v) is 6.97. The topological polar surface area (TPSA) is 80.7 Å². The first-order chi connectivity index (χ1) is 18.5. The molecule has 3 aromatic carbocycles. The van der Waals surface area contributed by atoms with E-state index in [9.17, 15) is 8.42 Å². The molecule has 2 heterocycles. The maximum Gasteiger partial charge on any atom is 0.305 e. The van der Waals surface area contributed by atoms with Gasteiger partial charge in [-0.2, -0.15) is 12.7 Å². The molecule has 0 aliphatic carbocycles. The fraction of sp³-hybridized carbons (Fsp3) is 0.345. The van der Waals surface area contributed by atoms with Gasteiger partial charge in [0.2, 0.25) is 0 Å². The summed E-state index contributed by atoms with van der Waals surface area (Å²) in [6.45, 7) is 0.995. The van der Waals surface area contributed by atoms with E-state index in [0.717, 1.165) is 36.1 Å². The first kappa shape index (κ1) is 26.1. The largest absolute Gasteiger partial charge is 0.497 e. The molecule has 1 fully saturated rings. The molecule has 200 valence electrons. The zero-order valence-corrected chi connectivity index (χ0v) is 22.7. The average Bonchev–Trinajstić information content (AvgIpc) is 3.39. The number of rotatable bonds is 8. The van der Waals surface area contributed by atoms with Crippen LogP contribution in [0.15, 0.2) is 77.8 Å². The van der Waals surface area contributed by atoms with Crippen LogP contribution < -0.4 is 14.2 Å². The summed E-state index contributed by atoms with van der Waals surface area (Å²) >= 11 is 0. The number of hydrogen-bond donors (Lipinski definition) is 0. The van der Waals surface area contributed by atoms with Crippen LogP contribution in [0.3, 0.4) is 0 Å². The quantitative estimate of drug-likeness (QED) is 0.406. The Kier molecular flexibility index (Phi) is 7.58. The summed E-state index contributed by atoms with van der Waals surface area (Å²) < 4.78 is 48.0. The van der Waals surface area contributed by atoms with E-state index in [2.05, 4.69) is 0 Å². The van der Waals surface area contributed by atoms with Crippen LogP contribution in [0.5, 0.6) is 17.2 Å². The van der Waals surface area contributed by atoms with Crippen molar-refractivity contribution in [2.24, 2.45) is 4.99 Å². The predicted molar refractivity (Wildman–Crippen MR) is 147 cm³/mol. The number of benzene rings is 3. The van der Waals surface area contributed by atoms with Gasteiger partial charge in [-0.05, 0) is 72.5 Å². The molecule has 3 aromatic rings. The van der Waals surface area contributed by atoms with E-state index in [1.807, 2.05) is 72.8 Å². The fourth-order valence-electron chi connectivity index (χ4n) is 5.11. The third-order valence-corrected chi connectivity index (χ3v) is 9.09. The molecule has 2 aliphatic heterocycles. The molecule has 0 N–H and O–H groups in total. The van der Waals surface area contributed by atoms with E-state index in [0.29, 0.717) is 36.0 Å². The van der Waals surface area contributed by atoms with Crippen LogP contribution in [0.25, 0.3) is 0 Å². The maximum absolute atomic E-state index is 14.4. The lowest BCUT2D eigenvalue weighted by Crippen LogP contribution is -2.48. The van der Waals surface area contributed by atoms with Crippen molar-refractivity contribution in [1.29, 1.82) is 0 Å². The standard InChI is InChI=1S/C29H33N3O5S/c1-35-24-13-7-21(8-14-24)27-28(22-9-15-25(36-2)16-10-22)32(38(33,34)31-19-5-4-6-20-31)29(30-27)23-11-17-26(37-3)18-12-23/h7-18,27-28H,4-6,19-20H2,1-3H3/t27-,28+/m0/s1. The van der Waals surface area contributed by atoms with Crippen LogP contribution in [0, 0.1) is 0 Å². The Morgan fingerprint density at radius 1 is 0.684 bits per heavy atom. The second-order valence-corrected chi connectivity index (χ2v) is 11.2. The molecule has 9 heteroatoms. The molecule has 0 radical (unpaired) electrons. The van der Waals surface area contributed by atoms with Gasteiger partial charge < -0.3 is 14.2 Å². The molecule has 0 unspecified atom stereocenters. The predicted octanol–water partition coefficient (Wildman–Crippen LogP) is 4.99. The molecule has 0 spiro atoms. The van der Waals surface area contributed by atoms with Crippen molar-refractivity contribution in [3.63, 3.8) is 0 Å². The van der Waals surface area contributed by atoms with E-state index >= 15 is 0 Å². The normalized spacial score (nSPS) is 20.2. The summed E-state index contributed by atoms with van der Waals surface area (Å²) in [6, 6.07) is 21.5. The summed E-state index contributed by atoms with van der Waals surface area (Å²) in [4.78, 5) is 5.11. The number of amidine groups is 1. The summed E-state index contributed by atoms with van der Waals surface area (Å²) in [5.41, 5.74) is 2.44. The summed E-state index contributed by atoms with van der Waals surface area (Å²) in [5.74, 6) is 2.54. The van der Waals surface area contributed by atoms with Crippen LogP contribution in [-0.4, -0.2) is 57.3 Å². The molecule has 0 aromatic heterocycles. The van der Waals surface area contributed by atoms with Crippen LogP contribution in [0.4, 0.5) is 0 Å². The third kappa shape index (κ3) is 4.96. The number of ether oxygens (including phenoxy) is 3. The lowest BCUT2D eigenvalue weighted by molar-refractivity contribution is 0.311. The van der Waals surface area contributed by atoms with Crippen molar-refractivity contribution in [3.05, 3.63) is 89.5 Å². The first-order valence-corrected chi connectivity index (χ1v) is 14.2. The van der Waals surface area contributed by atoms with Crippen LogP contribution in [-0.2, 0) is 10.2 Å². The van der Waals surface area contributed by atoms with Gasteiger partial charge in [0.15, 0.2) is 0 Å². The monoisotopic (exact) mass is 535 g/mol. The Morgan fingerprint density at radius 3 is 1.66 bits per heavy atom. The Balaban J connectivity index is 1.68. The summed E-state index contributed by atoms with van der Waals surface area (Å²) in [6.07, 6.45) is 2.72. The number of hydrogen-bond acceptors (Lipinski definition) is 6. The first-order valence-electron chi connectivity index (χ1n) is 12.8. The highest BCUT2D eigenvalue weighted by Gasteiger charge is 2.47. The molecule has 0 bridgehead atoms. The van der Waals surface area contributed by atoms with Gasteiger partial charge in [-0.3, -0.25) is 4.99 Å². The molecule has 2 aliphatic rings. The van der Waals surface area contributed by atoms with Gasteiger partial charge in [0, 0.05) is 18.7 Å². The van der Waals surface area contributed by atoms with Crippen molar-refractivity contribution < 1.29 is 22.6 Å². The minimum Gasteiger partial charge on any atom is -0.497 e. The SMILES string of the molecule is COc1ccc(C2=N[C@@H](c3ccc(OC)cc3)[C@@H](c3ccc(OC)cc3)N2S(=O)(=O)N2CCCCC2)cc1. The van der Waals surface area contributed by atoms with E-state index in [1.54, 1.807) is 25.6 Å². The number of aliphatic imine (C=N–C) groups is 1. The van der Waals surface area contributed by atoms with Crippen molar-refractivity contribution in [1.82, 2.24) is 8.61 Å². The zero-order valence-electron chi connectivity index (χ0n) is 21.9. The highest BCUT2D eigenvalue weighted by molar-refractivity contribution is 7.87. The van der Waals surface area contributed by atoms with E-state index < -0.39 is 22.3 Å². The molecular weight excluding hydrogens is 502 g/mol. The molecule has 2 atom stereocenters. The molecule has 0 amide bonds. The average molecular weight is 536 g/mol.